The number of hydrogen-bond acceptors (Lipinski definition) is 1. The molecule has 4 atom stereocenters. The van der Waals surface area contributed by atoms with Crippen LogP contribution in [0, 0.1) is 23.2 Å². The van der Waals surface area contributed by atoms with Crippen LogP contribution < -0.4 is 0 Å². The lowest BCUT2D eigenvalue weighted by atomic mass is 9.66. The SMILES string of the molecule is CC(C)[C@H]1CCC2=CC3(O[Si](C)(C)C)CC3C[C@@]21C. The number of rotatable bonds is 3. The molecule has 0 aromatic carbocycles. The van der Waals surface area contributed by atoms with Crippen molar-refractivity contribution in [2.24, 2.45) is 23.2 Å². The first-order chi connectivity index (χ1) is 8.66. The van der Waals surface area contributed by atoms with Gasteiger partial charge in [-0.05, 0) is 68.5 Å². The number of hydrogen-bond donors (Lipinski definition) is 0. The molecule has 0 aliphatic heterocycles. The summed E-state index contributed by atoms with van der Waals surface area (Å²) in [6.45, 7) is 14.3. The maximum Gasteiger partial charge on any atom is 0.184 e. The highest BCUT2D eigenvalue weighted by Crippen LogP contribution is 2.66. The van der Waals surface area contributed by atoms with Crippen LogP contribution >= 0.6 is 0 Å². The van der Waals surface area contributed by atoms with Gasteiger partial charge in [0.25, 0.3) is 0 Å². The van der Waals surface area contributed by atoms with Crippen LogP contribution in [-0.2, 0) is 4.43 Å². The Morgan fingerprint density at radius 3 is 2.53 bits per heavy atom. The zero-order chi connectivity index (χ0) is 14.1. The third kappa shape index (κ3) is 2.15. The second-order valence-corrected chi connectivity index (χ2v) is 13.2. The Balaban J connectivity index is 1.87. The lowest BCUT2D eigenvalue weighted by Crippen LogP contribution is -2.38. The van der Waals surface area contributed by atoms with E-state index in [0.717, 1.165) is 17.8 Å². The topological polar surface area (TPSA) is 9.23 Å². The monoisotopic (exact) mass is 278 g/mol. The van der Waals surface area contributed by atoms with E-state index in [2.05, 4.69) is 46.5 Å². The standard InChI is InChI=1S/C17H30OSi/c1-12(2)15-8-7-13-10-17(18-19(4,5)6)11-14(17)9-16(13,15)3/h10,12,14-15H,7-9,11H2,1-6H3/t14?,15-,16+,17?/m1/s1. The largest absolute Gasteiger partial charge is 0.408 e. The average molecular weight is 279 g/mol. The molecule has 108 valence electrons. The first-order valence-electron chi connectivity index (χ1n) is 8.09. The van der Waals surface area contributed by atoms with Gasteiger partial charge in [-0.15, -0.1) is 0 Å². The third-order valence-electron chi connectivity index (χ3n) is 5.76. The molecule has 3 aliphatic carbocycles. The fraction of sp³-hybridized carbons (Fsp3) is 0.882. The highest BCUT2D eigenvalue weighted by molar-refractivity contribution is 6.69. The molecule has 3 rings (SSSR count). The normalized spacial score (nSPS) is 44.9. The van der Waals surface area contributed by atoms with E-state index in [9.17, 15) is 0 Å². The Morgan fingerprint density at radius 2 is 1.95 bits per heavy atom. The Morgan fingerprint density at radius 1 is 1.26 bits per heavy atom. The number of fused-ring (bicyclic) bond motifs is 2. The molecule has 2 unspecified atom stereocenters. The van der Waals surface area contributed by atoms with Crippen LogP contribution in [0.4, 0.5) is 0 Å². The van der Waals surface area contributed by atoms with Crippen molar-refractivity contribution < 1.29 is 4.43 Å². The van der Waals surface area contributed by atoms with E-state index in [1.54, 1.807) is 5.57 Å². The summed E-state index contributed by atoms with van der Waals surface area (Å²) in [6, 6.07) is 0. The molecule has 19 heavy (non-hydrogen) atoms. The van der Waals surface area contributed by atoms with Crippen molar-refractivity contribution in [2.45, 2.75) is 71.7 Å². The minimum Gasteiger partial charge on any atom is -0.408 e. The fourth-order valence-electron chi connectivity index (χ4n) is 5.02. The molecular formula is C17H30OSi. The van der Waals surface area contributed by atoms with Gasteiger partial charge < -0.3 is 4.43 Å². The predicted molar refractivity (Wildman–Crippen MR) is 83.6 cm³/mol. The molecule has 0 spiro atoms. The number of allylic oxidation sites excluding steroid dienone is 1. The fourth-order valence-corrected chi connectivity index (χ4v) is 6.47. The molecule has 2 saturated carbocycles. The molecule has 0 bridgehead atoms. The summed E-state index contributed by atoms with van der Waals surface area (Å²) in [5.74, 6) is 2.52. The molecule has 3 aliphatic rings. The molecule has 0 N–H and O–H groups in total. The molecule has 0 saturated heterocycles. The van der Waals surface area contributed by atoms with Crippen molar-refractivity contribution in [3.8, 4) is 0 Å². The van der Waals surface area contributed by atoms with Gasteiger partial charge in [0, 0.05) is 0 Å². The van der Waals surface area contributed by atoms with Crippen molar-refractivity contribution >= 4 is 8.32 Å². The van der Waals surface area contributed by atoms with Gasteiger partial charge in [0.2, 0.25) is 0 Å². The summed E-state index contributed by atoms with van der Waals surface area (Å²) in [5, 5.41) is 0. The average Bonchev–Trinajstić information content (AvgIpc) is 2.75. The maximum absolute atomic E-state index is 6.55. The first-order valence-corrected chi connectivity index (χ1v) is 11.5. The Bertz CT molecular complexity index is 419. The van der Waals surface area contributed by atoms with Crippen molar-refractivity contribution in [3.05, 3.63) is 11.6 Å². The minimum atomic E-state index is -1.43. The quantitative estimate of drug-likeness (QED) is 0.521. The van der Waals surface area contributed by atoms with Gasteiger partial charge in [-0.25, -0.2) is 0 Å². The van der Waals surface area contributed by atoms with E-state index >= 15 is 0 Å². The van der Waals surface area contributed by atoms with E-state index in [4.69, 9.17) is 4.43 Å². The minimum absolute atomic E-state index is 0.172. The van der Waals surface area contributed by atoms with Crippen molar-refractivity contribution in [2.75, 3.05) is 0 Å². The van der Waals surface area contributed by atoms with Crippen LogP contribution in [-0.4, -0.2) is 13.9 Å². The van der Waals surface area contributed by atoms with Gasteiger partial charge >= 0.3 is 0 Å². The summed E-state index contributed by atoms with van der Waals surface area (Å²) < 4.78 is 6.55. The highest BCUT2D eigenvalue weighted by Gasteiger charge is 2.63. The molecule has 0 aromatic heterocycles. The van der Waals surface area contributed by atoms with Gasteiger partial charge in [0.15, 0.2) is 8.32 Å². The Labute approximate surface area is 119 Å². The molecule has 2 fully saturated rings. The summed E-state index contributed by atoms with van der Waals surface area (Å²) >= 11 is 0. The molecule has 0 radical (unpaired) electrons. The van der Waals surface area contributed by atoms with Crippen LogP contribution in [0.5, 0.6) is 0 Å². The predicted octanol–water partition coefficient (Wildman–Crippen LogP) is 5.00. The van der Waals surface area contributed by atoms with Crippen LogP contribution in [0.1, 0.15) is 46.5 Å². The lowest BCUT2D eigenvalue weighted by Gasteiger charge is -2.40. The van der Waals surface area contributed by atoms with Crippen LogP contribution in [0.2, 0.25) is 19.6 Å². The smallest absolute Gasteiger partial charge is 0.184 e. The van der Waals surface area contributed by atoms with E-state index in [-0.39, 0.29) is 5.60 Å². The Hall–Kier alpha value is -0.0831. The Kier molecular flexibility index (Phi) is 2.90. The summed E-state index contributed by atoms with van der Waals surface area (Å²) in [4.78, 5) is 0. The molecule has 0 aromatic rings. The van der Waals surface area contributed by atoms with Gasteiger partial charge in [0.1, 0.15) is 0 Å². The highest BCUT2D eigenvalue weighted by atomic mass is 28.4. The lowest BCUT2D eigenvalue weighted by molar-refractivity contribution is 0.131. The summed E-state index contributed by atoms with van der Waals surface area (Å²) in [6.07, 6.45) is 7.98. The van der Waals surface area contributed by atoms with E-state index in [1.807, 2.05) is 0 Å². The van der Waals surface area contributed by atoms with E-state index in [1.165, 1.54) is 25.7 Å². The van der Waals surface area contributed by atoms with Gasteiger partial charge in [-0.3, -0.25) is 0 Å². The second-order valence-electron chi connectivity index (χ2n) is 8.75. The van der Waals surface area contributed by atoms with Gasteiger partial charge in [-0.2, -0.15) is 0 Å². The molecule has 1 nitrogen and oxygen atoms in total. The molecular weight excluding hydrogens is 248 g/mol. The second kappa shape index (κ2) is 3.97. The van der Waals surface area contributed by atoms with Crippen LogP contribution in [0.25, 0.3) is 0 Å². The van der Waals surface area contributed by atoms with E-state index in [0.29, 0.717) is 5.41 Å². The van der Waals surface area contributed by atoms with Crippen molar-refractivity contribution in [3.63, 3.8) is 0 Å². The van der Waals surface area contributed by atoms with Gasteiger partial charge in [0.05, 0.1) is 5.60 Å². The van der Waals surface area contributed by atoms with Gasteiger partial charge in [-0.1, -0.05) is 32.4 Å². The van der Waals surface area contributed by atoms with Crippen LogP contribution in [0.15, 0.2) is 11.6 Å². The zero-order valence-electron chi connectivity index (χ0n) is 13.5. The van der Waals surface area contributed by atoms with Crippen LogP contribution in [0.3, 0.4) is 0 Å². The van der Waals surface area contributed by atoms with Crippen molar-refractivity contribution in [1.29, 1.82) is 0 Å². The maximum atomic E-state index is 6.55. The van der Waals surface area contributed by atoms with E-state index < -0.39 is 8.32 Å². The summed E-state index contributed by atoms with van der Waals surface area (Å²) in [7, 11) is -1.43. The molecule has 2 heteroatoms. The first kappa shape index (κ1) is 13.9. The molecule has 0 amide bonds. The summed E-state index contributed by atoms with van der Waals surface area (Å²) in [5.41, 5.74) is 2.39. The molecule has 0 heterocycles. The zero-order valence-corrected chi connectivity index (χ0v) is 14.5. The third-order valence-corrected chi connectivity index (χ3v) is 6.76. The van der Waals surface area contributed by atoms with Crippen molar-refractivity contribution in [1.82, 2.24) is 0 Å².